The summed E-state index contributed by atoms with van der Waals surface area (Å²) in [5.74, 6) is 0.678. The van der Waals surface area contributed by atoms with Gasteiger partial charge in [-0.2, -0.15) is 10.5 Å². The molecule has 0 radical (unpaired) electrons. The van der Waals surface area contributed by atoms with Crippen molar-refractivity contribution in [1.29, 1.82) is 10.5 Å². The minimum absolute atomic E-state index is 0.181. The Morgan fingerprint density at radius 1 is 1.32 bits per heavy atom. The molecule has 1 saturated heterocycles. The topological polar surface area (TPSA) is 99.0 Å². The van der Waals surface area contributed by atoms with Gasteiger partial charge in [0, 0.05) is 12.5 Å². The number of hydrogen-bond acceptors (Lipinski definition) is 6. The molecule has 28 heavy (non-hydrogen) atoms. The zero-order chi connectivity index (χ0) is 20.5. The molecule has 0 amide bonds. The monoisotopic (exact) mass is 377 g/mol. The molecule has 0 saturated carbocycles. The van der Waals surface area contributed by atoms with Gasteiger partial charge in [-0.05, 0) is 50.1 Å². The summed E-state index contributed by atoms with van der Waals surface area (Å²) in [6, 6.07) is 4.40. The number of pyridine rings is 1. The second-order valence-electron chi connectivity index (χ2n) is 6.80. The van der Waals surface area contributed by atoms with Crippen LogP contribution in [0.3, 0.4) is 0 Å². The summed E-state index contributed by atoms with van der Waals surface area (Å²) in [7, 11) is 1.60. The van der Waals surface area contributed by atoms with E-state index in [1.807, 2.05) is 25.2 Å². The summed E-state index contributed by atoms with van der Waals surface area (Å²) in [4.78, 5) is 6.66. The summed E-state index contributed by atoms with van der Waals surface area (Å²) >= 11 is 0. The maximum absolute atomic E-state index is 9.84. The maximum atomic E-state index is 9.84. The van der Waals surface area contributed by atoms with Gasteiger partial charge in [-0.1, -0.05) is 19.1 Å². The Hall–Kier alpha value is -3.09. The maximum Gasteiger partial charge on any atom is 0.142 e. The van der Waals surface area contributed by atoms with Gasteiger partial charge in [0.1, 0.15) is 23.7 Å². The first-order chi connectivity index (χ1) is 13.5. The van der Waals surface area contributed by atoms with Crippen LogP contribution in [0.4, 0.5) is 5.82 Å². The number of nitrogens with two attached hydrogens (primary N) is 1. The van der Waals surface area contributed by atoms with Crippen LogP contribution in [0.15, 0.2) is 36.6 Å². The Kier molecular flexibility index (Phi) is 7.80. The summed E-state index contributed by atoms with van der Waals surface area (Å²) in [5, 5.41) is 19.5. The van der Waals surface area contributed by atoms with Crippen molar-refractivity contribution in [3.05, 3.63) is 59.0 Å². The van der Waals surface area contributed by atoms with Crippen molar-refractivity contribution in [2.24, 2.45) is 0 Å². The first-order valence-electron chi connectivity index (χ1n) is 9.43. The molecule has 0 bridgehead atoms. The van der Waals surface area contributed by atoms with Gasteiger partial charge < -0.3 is 10.5 Å². The summed E-state index contributed by atoms with van der Waals surface area (Å²) in [6.07, 6.45) is 10.4. The predicted octanol–water partition coefficient (Wildman–Crippen LogP) is 3.77. The third-order valence-corrected chi connectivity index (χ3v) is 4.86. The van der Waals surface area contributed by atoms with Crippen molar-refractivity contribution in [2.75, 3.05) is 25.9 Å². The molecule has 1 aromatic heterocycles. The van der Waals surface area contributed by atoms with Crippen LogP contribution < -0.4 is 5.73 Å². The fraction of sp³-hybridized carbons (Fsp3) is 0.409. The number of rotatable bonds is 8. The Bertz CT molecular complexity index is 851. The minimum atomic E-state index is -0.200. The SMILES string of the molecule is C=CC/C=C(\C=C/C(C)c1c(C#N)c(N)nc(CN2CCCC2)c1C#N)OC. The van der Waals surface area contributed by atoms with Crippen molar-refractivity contribution in [1.82, 2.24) is 9.88 Å². The average molecular weight is 377 g/mol. The minimum Gasteiger partial charge on any atom is -0.497 e. The zero-order valence-corrected chi connectivity index (χ0v) is 16.6. The lowest BCUT2D eigenvalue weighted by Gasteiger charge is -2.19. The number of nitriles is 2. The molecule has 1 aliphatic rings. The van der Waals surface area contributed by atoms with Crippen LogP contribution >= 0.6 is 0 Å². The second kappa shape index (κ2) is 10.3. The van der Waals surface area contributed by atoms with E-state index in [0.29, 0.717) is 35.5 Å². The third kappa shape index (κ3) is 5.00. The quantitative estimate of drug-likeness (QED) is 0.421. The molecule has 1 aliphatic heterocycles. The molecule has 2 N–H and O–H groups in total. The van der Waals surface area contributed by atoms with Crippen LogP contribution in [0.2, 0.25) is 0 Å². The number of likely N-dealkylation sites (tertiary alicyclic amines) is 1. The Morgan fingerprint density at radius 2 is 2.00 bits per heavy atom. The van der Waals surface area contributed by atoms with Crippen LogP contribution in [0, 0.1) is 22.7 Å². The highest BCUT2D eigenvalue weighted by molar-refractivity contribution is 5.62. The molecular formula is C22H27N5O. The van der Waals surface area contributed by atoms with Gasteiger partial charge in [-0.15, -0.1) is 6.58 Å². The molecule has 0 aliphatic carbocycles. The van der Waals surface area contributed by atoms with Crippen LogP contribution in [-0.2, 0) is 11.3 Å². The van der Waals surface area contributed by atoms with E-state index in [2.05, 4.69) is 28.6 Å². The van der Waals surface area contributed by atoms with Gasteiger partial charge in [0.2, 0.25) is 0 Å². The van der Waals surface area contributed by atoms with Crippen LogP contribution in [0.1, 0.15) is 54.5 Å². The second-order valence-corrected chi connectivity index (χ2v) is 6.80. The van der Waals surface area contributed by atoms with Gasteiger partial charge in [0.15, 0.2) is 0 Å². The number of anilines is 1. The molecule has 1 aromatic rings. The first-order valence-corrected chi connectivity index (χ1v) is 9.43. The smallest absolute Gasteiger partial charge is 0.142 e. The number of allylic oxidation sites excluding steroid dienone is 4. The summed E-state index contributed by atoms with van der Waals surface area (Å²) in [5.41, 5.74) is 8.07. The van der Waals surface area contributed by atoms with E-state index in [-0.39, 0.29) is 17.3 Å². The highest BCUT2D eigenvalue weighted by atomic mass is 16.5. The fourth-order valence-corrected chi connectivity index (χ4v) is 3.39. The molecule has 1 fully saturated rings. The number of hydrogen-bond donors (Lipinski definition) is 1. The molecule has 1 atom stereocenters. The summed E-state index contributed by atoms with van der Waals surface area (Å²) < 4.78 is 5.34. The van der Waals surface area contributed by atoms with Crippen LogP contribution in [0.5, 0.6) is 0 Å². The van der Waals surface area contributed by atoms with Gasteiger partial charge in [-0.25, -0.2) is 4.98 Å². The fourth-order valence-electron chi connectivity index (χ4n) is 3.39. The number of nitrogen functional groups attached to an aromatic ring is 1. The largest absolute Gasteiger partial charge is 0.497 e. The highest BCUT2D eigenvalue weighted by Gasteiger charge is 2.23. The molecule has 146 valence electrons. The lowest BCUT2D eigenvalue weighted by molar-refractivity contribution is 0.305. The Morgan fingerprint density at radius 3 is 2.57 bits per heavy atom. The van der Waals surface area contributed by atoms with E-state index in [4.69, 9.17) is 10.5 Å². The number of methoxy groups -OCH3 is 1. The van der Waals surface area contributed by atoms with E-state index in [0.717, 1.165) is 25.9 Å². The normalized spacial score (nSPS) is 15.9. The van der Waals surface area contributed by atoms with E-state index < -0.39 is 0 Å². The lowest BCUT2D eigenvalue weighted by Crippen LogP contribution is -2.21. The highest BCUT2D eigenvalue weighted by Crippen LogP contribution is 2.31. The molecule has 0 aromatic carbocycles. The van der Waals surface area contributed by atoms with Gasteiger partial charge in [-0.3, -0.25) is 4.90 Å². The number of aromatic nitrogens is 1. The molecule has 1 unspecified atom stereocenters. The van der Waals surface area contributed by atoms with Crippen LogP contribution in [0.25, 0.3) is 0 Å². The van der Waals surface area contributed by atoms with Gasteiger partial charge >= 0.3 is 0 Å². The first kappa shape index (κ1) is 21.2. The van der Waals surface area contributed by atoms with E-state index in [1.54, 1.807) is 13.2 Å². The predicted molar refractivity (Wildman–Crippen MR) is 110 cm³/mol. The third-order valence-electron chi connectivity index (χ3n) is 4.86. The van der Waals surface area contributed by atoms with Crippen molar-refractivity contribution in [3.63, 3.8) is 0 Å². The molecule has 0 spiro atoms. The number of nitrogens with zero attached hydrogens (tertiary/aromatic N) is 4. The van der Waals surface area contributed by atoms with Crippen LogP contribution in [-0.4, -0.2) is 30.1 Å². The molecular weight excluding hydrogens is 350 g/mol. The number of ether oxygens (including phenoxy) is 1. The molecule has 2 heterocycles. The molecule has 6 nitrogen and oxygen atoms in total. The average Bonchev–Trinajstić information content (AvgIpc) is 3.20. The Balaban J connectivity index is 2.45. The van der Waals surface area contributed by atoms with E-state index >= 15 is 0 Å². The summed E-state index contributed by atoms with van der Waals surface area (Å²) in [6.45, 7) is 8.18. The van der Waals surface area contributed by atoms with E-state index in [1.165, 1.54) is 0 Å². The van der Waals surface area contributed by atoms with Crippen molar-refractivity contribution >= 4 is 5.82 Å². The van der Waals surface area contributed by atoms with Gasteiger partial charge in [0.05, 0.1) is 23.9 Å². The molecule has 6 heteroatoms. The van der Waals surface area contributed by atoms with Gasteiger partial charge in [0.25, 0.3) is 0 Å². The molecule has 2 rings (SSSR count). The Labute approximate surface area is 167 Å². The van der Waals surface area contributed by atoms with Crippen molar-refractivity contribution in [2.45, 2.75) is 38.6 Å². The van der Waals surface area contributed by atoms with Crippen molar-refractivity contribution in [3.8, 4) is 12.1 Å². The van der Waals surface area contributed by atoms with Crippen molar-refractivity contribution < 1.29 is 4.74 Å². The van der Waals surface area contributed by atoms with E-state index in [9.17, 15) is 10.5 Å². The zero-order valence-electron chi connectivity index (χ0n) is 16.6. The standard InChI is InChI=1S/C22H27N5O/c1-4-5-8-17(28-3)10-9-16(2)21-18(13-23)20(15-27-11-6-7-12-27)26-22(25)19(21)14-24/h4,8-10,16H,1,5-7,11-12,15H2,2-3H3,(H2,25,26)/b10-9-,17-8+. The lowest BCUT2D eigenvalue weighted by atomic mass is 9.90.